The Labute approximate surface area is 112 Å². The lowest BCUT2D eigenvalue weighted by atomic mass is 10.00. The number of carbonyl (C=O) groups excluding carboxylic acids is 1. The van der Waals surface area contributed by atoms with E-state index in [0.29, 0.717) is 5.92 Å². The van der Waals surface area contributed by atoms with Crippen molar-refractivity contribution in [2.24, 2.45) is 5.92 Å². The van der Waals surface area contributed by atoms with E-state index in [9.17, 15) is 9.90 Å². The fraction of sp³-hybridized carbons (Fsp3) is 0.643. The highest BCUT2D eigenvalue weighted by atomic mass is 32.1. The van der Waals surface area contributed by atoms with Crippen molar-refractivity contribution < 1.29 is 9.90 Å². The molecule has 1 amide bonds. The van der Waals surface area contributed by atoms with Gasteiger partial charge in [-0.15, -0.1) is 11.3 Å². The van der Waals surface area contributed by atoms with Crippen molar-refractivity contribution in [3.8, 4) is 0 Å². The highest BCUT2D eigenvalue weighted by Crippen LogP contribution is 2.50. The van der Waals surface area contributed by atoms with Crippen molar-refractivity contribution >= 4 is 17.2 Å². The predicted octanol–water partition coefficient (Wildman–Crippen LogP) is 2.44. The van der Waals surface area contributed by atoms with Crippen molar-refractivity contribution in [2.45, 2.75) is 45.1 Å². The number of aliphatic hydroxyl groups is 1. The molecule has 3 atom stereocenters. The van der Waals surface area contributed by atoms with Crippen LogP contribution in [0.2, 0.25) is 0 Å². The topological polar surface area (TPSA) is 49.3 Å². The molecule has 18 heavy (non-hydrogen) atoms. The van der Waals surface area contributed by atoms with Crippen LogP contribution in [0.1, 0.15) is 43.0 Å². The van der Waals surface area contributed by atoms with Crippen LogP contribution in [0.5, 0.6) is 0 Å². The van der Waals surface area contributed by atoms with Crippen LogP contribution in [0.25, 0.3) is 0 Å². The predicted molar refractivity (Wildman–Crippen MR) is 73.8 cm³/mol. The van der Waals surface area contributed by atoms with E-state index < -0.39 is 5.54 Å². The fourth-order valence-corrected chi connectivity index (χ4v) is 3.28. The quantitative estimate of drug-likeness (QED) is 0.861. The molecule has 1 fully saturated rings. The molecule has 0 aromatic carbocycles. The molecule has 0 bridgehead atoms. The first kappa shape index (κ1) is 13.6. The number of hydrogen-bond acceptors (Lipinski definition) is 3. The minimum absolute atomic E-state index is 0.00927. The SMILES string of the molecule is CCC(C)(CO)NC(=O)C1CC1c1sccc1C. The Hall–Kier alpha value is -0.870. The summed E-state index contributed by atoms with van der Waals surface area (Å²) in [4.78, 5) is 13.5. The molecule has 1 aromatic heterocycles. The van der Waals surface area contributed by atoms with Gasteiger partial charge in [0.1, 0.15) is 0 Å². The van der Waals surface area contributed by atoms with Crippen LogP contribution in [0.4, 0.5) is 0 Å². The molecule has 4 heteroatoms. The van der Waals surface area contributed by atoms with Gasteiger partial charge >= 0.3 is 0 Å². The molecule has 100 valence electrons. The second-order valence-electron chi connectivity index (χ2n) is 5.48. The minimum Gasteiger partial charge on any atom is -0.394 e. The monoisotopic (exact) mass is 267 g/mol. The zero-order valence-electron chi connectivity index (χ0n) is 11.2. The van der Waals surface area contributed by atoms with E-state index in [1.54, 1.807) is 11.3 Å². The Morgan fingerprint density at radius 2 is 2.39 bits per heavy atom. The fourth-order valence-electron chi connectivity index (χ4n) is 2.17. The first-order valence-corrected chi connectivity index (χ1v) is 7.35. The summed E-state index contributed by atoms with van der Waals surface area (Å²) < 4.78 is 0. The van der Waals surface area contributed by atoms with E-state index in [-0.39, 0.29) is 18.4 Å². The van der Waals surface area contributed by atoms with E-state index in [2.05, 4.69) is 23.7 Å². The smallest absolute Gasteiger partial charge is 0.224 e. The van der Waals surface area contributed by atoms with E-state index in [1.165, 1.54) is 10.4 Å². The van der Waals surface area contributed by atoms with Crippen molar-refractivity contribution in [2.75, 3.05) is 6.61 Å². The van der Waals surface area contributed by atoms with Crippen LogP contribution in [0.15, 0.2) is 11.4 Å². The highest BCUT2D eigenvalue weighted by molar-refractivity contribution is 7.10. The molecule has 2 rings (SSSR count). The second-order valence-corrected chi connectivity index (χ2v) is 6.43. The molecule has 1 aliphatic carbocycles. The zero-order chi connectivity index (χ0) is 13.3. The van der Waals surface area contributed by atoms with E-state index >= 15 is 0 Å². The average molecular weight is 267 g/mol. The standard InChI is InChI=1S/C14H21NO2S/c1-4-14(3,8-16)15-13(17)11-7-10(11)12-9(2)5-6-18-12/h5-6,10-11,16H,4,7-8H2,1-3H3,(H,15,17). The molecule has 1 heterocycles. The molecule has 1 saturated carbocycles. The average Bonchev–Trinajstić information content (AvgIpc) is 3.05. The molecular weight excluding hydrogens is 246 g/mol. The summed E-state index contributed by atoms with van der Waals surface area (Å²) in [6.45, 7) is 5.95. The molecule has 0 saturated heterocycles. The van der Waals surface area contributed by atoms with Crippen LogP contribution < -0.4 is 5.32 Å². The summed E-state index contributed by atoms with van der Waals surface area (Å²) in [5.41, 5.74) is 0.815. The maximum atomic E-state index is 12.1. The molecule has 0 spiro atoms. The molecule has 2 N–H and O–H groups in total. The summed E-state index contributed by atoms with van der Waals surface area (Å²) in [7, 11) is 0. The molecule has 0 aliphatic heterocycles. The van der Waals surface area contributed by atoms with Crippen molar-refractivity contribution in [3.05, 3.63) is 21.9 Å². The molecule has 3 nitrogen and oxygen atoms in total. The lowest BCUT2D eigenvalue weighted by Gasteiger charge is -2.27. The molecule has 1 aromatic rings. The van der Waals surface area contributed by atoms with Gasteiger partial charge in [0.25, 0.3) is 0 Å². The largest absolute Gasteiger partial charge is 0.394 e. The maximum absolute atomic E-state index is 12.1. The van der Waals surface area contributed by atoms with Gasteiger partial charge in [-0.1, -0.05) is 6.92 Å². The van der Waals surface area contributed by atoms with Crippen LogP contribution in [0.3, 0.4) is 0 Å². The van der Waals surface area contributed by atoms with E-state index in [0.717, 1.165) is 12.8 Å². The third-order valence-electron chi connectivity index (χ3n) is 3.92. The lowest BCUT2D eigenvalue weighted by Crippen LogP contribution is -2.49. The van der Waals surface area contributed by atoms with E-state index in [1.807, 2.05) is 13.8 Å². The van der Waals surface area contributed by atoms with Gasteiger partial charge in [-0.2, -0.15) is 0 Å². The second kappa shape index (κ2) is 5.02. The number of hydrogen-bond donors (Lipinski definition) is 2. The molecule has 3 unspecified atom stereocenters. The van der Waals surface area contributed by atoms with Crippen LogP contribution in [0, 0.1) is 12.8 Å². The number of aryl methyl sites for hydroxylation is 1. The Balaban J connectivity index is 1.96. The van der Waals surface area contributed by atoms with Crippen molar-refractivity contribution in [3.63, 3.8) is 0 Å². The van der Waals surface area contributed by atoms with E-state index in [4.69, 9.17) is 0 Å². The summed E-state index contributed by atoms with van der Waals surface area (Å²) in [5.74, 6) is 0.579. The van der Waals surface area contributed by atoms with Gasteiger partial charge in [0.2, 0.25) is 5.91 Å². The number of rotatable bonds is 5. The lowest BCUT2D eigenvalue weighted by molar-refractivity contribution is -0.124. The highest BCUT2D eigenvalue weighted by Gasteiger charge is 2.46. The Kier molecular flexibility index (Phi) is 3.78. The van der Waals surface area contributed by atoms with Gasteiger partial charge in [0, 0.05) is 16.7 Å². The third kappa shape index (κ3) is 2.59. The van der Waals surface area contributed by atoms with Gasteiger partial charge in [-0.3, -0.25) is 4.79 Å². The van der Waals surface area contributed by atoms with Gasteiger partial charge in [-0.05, 0) is 43.7 Å². The zero-order valence-corrected chi connectivity index (χ0v) is 12.0. The molecule has 1 aliphatic rings. The van der Waals surface area contributed by atoms with Crippen molar-refractivity contribution in [1.82, 2.24) is 5.32 Å². The number of nitrogens with one attached hydrogen (secondary N) is 1. The third-order valence-corrected chi connectivity index (χ3v) is 5.07. The Bertz CT molecular complexity index is 437. The Morgan fingerprint density at radius 1 is 1.67 bits per heavy atom. The van der Waals surface area contributed by atoms with Crippen molar-refractivity contribution in [1.29, 1.82) is 0 Å². The number of aliphatic hydroxyl groups excluding tert-OH is 1. The van der Waals surface area contributed by atoms with Gasteiger partial charge in [-0.25, -0.2) is 0 Å². The first-order chi connectivity index (χ1) is 8.50. The normalized spacial score (nSPS) is 25.6. The molecular formula is C14H21NO2S. The molecule has 0 radical (unpaired) electrons. The van der Waals surface area contributed by atoms with Crippen LogP contribution >= 0.6 is 11.3 Å². The summed E-state index contributed by atoms with van der Waals surface area (Å²) in [6, 6.07) is 2.11. The van der Waals surface area contributed by atoms with Crippen LogP contribution in [-0.2, 0) is 4.79 Å². The van der Waals surface area contributed by atoms with Gasteiger partial charge in [0.05, 0.1) is 12.1 Å². The summed E-state index contributed by atoms with van der Waals surface area (Å²) in [5, 5.41) is 14.4. The number of thiophene rings is 1. The number of amides is 1. The maximum Gasteiger partial charge on any atom is 0.224 e. The summed E-state index contributed by atoms with van der Waals surface area (Å²) >= 11 is 1.74. The Morgan fingerprint density at radius 3 is 2.89 bits per heavy atom. The minimum atomic E-state index is -0.477. The van der Waals surface area contributed by atoms with Gasteiger partial charge < -0.3 is 10.4 Å². The number of carbonyl (C=O) groups is 1. The summed E-state index contributed by atoms with van der Waals surface area (Å²) in [6.07, 6.45) is 1.68. The first-order valence-electron chi connectivity index (χ1n) is 6.47. The van der Waals surface area contributed by atoms with Crippen LogP contribution in [-0.4, -0.2) is 23.2 Å². The van der Waals surface area contributed by atoms with Gasteiger partial charge in [0.15, 0.2) is 0 Å².